The number of carbonyl (C=O) groups excluding carboxylic acids is 1. The van der Waals surface area contributed by atoms with Gasteiger partial charge >= 0.3 is 0 Å². The largest absolute Gasteiger partial charge is 0.384 e. The van der Waals surface area contributed by atoms with E-state index in [9.17, 15) is 4.79 Å². The van der Waals surface area contributed by atoms with Gasteiger partial charge in [-0.25, -0.2) is 0 Å². The Morgan fingerprint density at radius 2 is 1.74 bits per heavy atom. The van der Waals surface area contributed by atoms with Crippen LogP contribution in [0.4, 0.5) is 17.5 Å². The fourth-order valence-electron chi connectivity index (χ4n) is 11.9. The second-order valence-electron chi connectivity index (χ2n) is 16.8. The van der Waals surface area contributed by atoms with Crippen LogP contribution in [0.1, 0.15) is 105 Å². The van der Waals surface area contributed by atoms with Crippen molar-refractivity contribution < 1.29 is 4.79 Å². The van der Waals surface area contributed by atoms with Crippen molar-refractivity contribution in [3.63, 3.8) is 0 Å². The van der Waals surface area contributed by atoms with E-state index >= 15 is 0 Å². The number of hydrogen-bond donors (Lipinski definition) is 5. The predicted octanol–water partition coefficient (Wildman–Crippen LogP) is 6.61. The van der Waals surface area contributed by atoms with Gasteiger partial charge < -0.3 is 16.8 Å². The number of nitrogen functional groups attached to an aromatic ring is 2. The van der Waals surface area contributed by atoms with Crippen molar-refractivity contribution in [3.05, 3.63) is 29.0 Å². The summed E-state index contributed by atoms with van der Waals surface area (Å²) in [6, 6.07) is 1.70. The van der Waals surface area contributed by atoms with E-state index in [4.69, 9.17) is 11.5 Å². The van der Waals surface area contributed by atoms with Gasteiger partial charge in [0.2, 0.25) is 5.91 Å². The molecule has 0 spiro atoms. The number of rotatable bonds is 2. The smallest absolute Gasteiger partial charge is 0.229 e. The van der Waals surface area contributed by atoms with Crippen LogP contribution in [0.2, 0.25) is 0 Å². The number of H-pyrrole nitrogens is 2. The molecule has 5 aliphatic carbocycles. The van der Waals surface area contributed by atoms with E-state index in [2.05, 4.69) is 80.3 Å². The first-order chi connectivity index (χ1) is 19.6. The number of carbonyl (C=O) groups is 1. The minimum absolute atomic E-state index is 0.0177. The summed E-state index contributed by atoms with van der Waals surface area (Å²) in [6.45, 7) is 17.4. The molecule has 3 saturated carbocycles. The molecule has 8 atom stereocenters. The van der Waals surface area contributed by atoms with Crippen molar-refractivity contribution in [2.45, 2.75) is 105 Å². The van der Waals surface area contributed by atoms with Crippen LogP contribution in [0, 0.1) is 51.2 Å². The van der Waals surface area contributed by atoms with Crippen LogP contribution in [-0.4, -0.2) is 26.3 Å². The van der Waals surface area contributed by atoms with Gasteiger partial charge in [-0.15, -0.1) is 0 Å². The van der Waals surface area contributed by atoms with Gasteiger partial charge in [0, 0.05) is 28.7 Å². The topological polar surface area (TPSA) is 138 Å². The molecule has 228 valence electrons. The summed E-state index contributed by atoms with van der Waals surface area (Å²) in [5, 5.41) is 17.8. The third-order valence-corrected chi connectivity index (χ3v) is 13.9. The number of amides is 1. The molecule has 0 radical (unpaired) electrons. The molecule has 0 aliphatic heterocycles. The maximum atomic E-state index is 13.8. The van der Waals surface area contributed by atoms with Crippen LogP contribution in [0.5, 0.6) is 0 Å². The van der Waals surface area contributed by atoms with E-state index in [1.807, 2.05) is 0 Å². The number of fused-ring (bicyclic) bond motifs is 8. The number of nitrogens with two attached hydrogens (primary N) is 2. The molecule has 8 heteroatoms. The zero-order valence-corrected chi connectivity index (χ0v) is 26.7. The van der Waals surface area contributed by atoms with E-state index < -0.39 is 0 Å². The highest BCUT2D eigenvalue weighted by molar-refractivity contribution is 5.92. The summed E-state index contributed by atoms with van der Waals surface area (Å²) >= 11 is 0. The number of allylic oxidation sites excluding steroid dienone is 2. The summed E-state index contributed by atoms with van der Waals surface area (Å²) in [4.78, 5) is 13.8. The SMILES string of the molecule is CC1(C)CC2C3=CCC4[C@@]5(C)Cc6c(N)n[nH]c6C(C)(C)C5CC[C@@]4(C)[C@]3(C)CC[C@@H]2[C@H](C(=O)Nc2cc(N)[nH]n2)C1. The first-order valence-electron chi connectivity index (χ1n) is 16.3. The van der Waals surface area contributed by atoms with Gasteiger partial charge in [-0.1, -0.05) is 60.1 Å². The van der Waals surface area contributed by atoms with Crippen LogP contribution < -0.4 is 16.8 Å². The Labute approximate surface area is 250 Å². The molecular formula is C34H51N7O. The van der Waals surface area contributed by atoms with E-state index in [1.54, 1.807) is 11.6 Å². The normalized spacial score (nSPS) is 41.3. The van der Waals surface area contributed by atoms with Crippen molar-refractivity contribution in [2.75, 3.05) is 16.8 Å². The second-order valence-corrected chi connectivity index (χ2v) is 16.8. The van der Waals surface area contributed by atoms with E-state index in [-0.39, 0.29) is 38.9 Å². The van der Waals surface area contributed by atoms with Crippen LogP contribution in [0.15, 0.2) is 17.7 Å². The van der Waals surface area contributed by atoms with Crippen LogP contribution in [0.3, 0.4) is 0 Å². The molecular weight excluding hydrogens is 522 g/mol. The van der Waals surface area contributed by atoms with Crippen molar-refractivity contribution >= 4 is 23.4 Å². The van der Waals surface area contributed by atoms with Gasteiger partial charge in [-0.2, -0.15) is 10.2 Å². The van der Waals surface area contributed by atoms with Gasteiger partial charge in [0.05, 0.1) is 0 Å². The minimum atomic E-state index is -0.0254. The van der Waals surface area contributed by atoms with Gasteiger partial charge in [0.1, 0.15) is 11.6 Å². The highest BCUT2D eigenvalue weighted by Crippen LogP contribution is 2.74. The molecule has 2 aromatic rings. The second kappa shape index (κ2) is 8.66. The number of hydrogen-bond acceptors (Lipinski definition) is 5. The lowest BCUT2D eigenvalue weighted by Gasteiger charge is -2.70. The lowest BCUT2D eigenvalue weighted by molar-refractivity contribution is -0.156. The number of nitrogens with zero attached hydrogens (tertiary/aromatic N) is 2. The molecule has 7 N–H and O–H groups in total. The minimum Gasteiger partial charge on any atom is -0.384 e. The maximum Gasteiger partial charge on any atom is 0.229 e. The number of aromatic amines is 2. The Morgan fingerprint density at radius 3 is 2.45 bits per heavy atom. The van der Waals surface area contributed by atoms with Crippen molar-refractivity contribution in [1.29, 1.82) is 0 Å². The average molecular weight is 574 g/mol. The van der Waals surface area contributed by atoms with E-state index in [1.165, 1.54) is 24.1 Å². The van der Waals surface area contributed by atoms with Crippen LogP contribution in [0.25, 0.3) is 0 Å². The molecule has 7 rings (SSSR count). The molecule has 3 fully saturated rings. The quantitative estimate of drug-likeness (QED) is 0.257. The van der Waals surface area contributed by atoms with Gasteiger partial charge in [0.25, 0.3) is 0 Å². The van der Waals surface area contributed by atoms with E-state index in [0.29, 0.717) is 41.1 Å². The third kappa shape index (κ3) is 3.62. The zero-order chi connectivity index (χ0) is 30.0. The highest BCUT2D eigenvalue weighted by Gasteiger charge is 2.67. The average Bonchev–Trinajstić information content (AvgIpc) is 3.48. The summed E-state index contributed by atoms with van der Waals surface area (Å²) in [5.74, 6) is 3.72. The van der Waals surface area contributed by atoms with E-state index in [0.717, 1.165) is 38.5 Å². The van der Waals surface area contributed by atoms with Crippen LogP contribution >= 0.6 is 0 Å². The standard InChI is InChI=1S/C34H51N7O/c1-30(2)15-19-18(20(16-30)29(42)37-26-14-25(35)38-39-26)10-12-33(6)22(19)8-9-24-32(5)17-21-27(40-41-28(21)36)31(3,4)23(32)11-13-34(24,33)7/h8,14,18-20,23-24H,9-13,15-17H2,1-7H3,(H3,36,40,41)(H4,35,37,38,39,42)/t18-,19?,20+,23?,24?,32-,33+,34+/m0/s1. The lowest BCUT2D eigenvalue weighted by Crippen LogP contribution is -2.64. The predicted molar refractivity (Wildman–Crippen MR) is 167 cm³/mol. The summed E-state index contributed by atoms with van der Waals surface area (Å²) < 4.78 is 0. The third-order valence-electron chi connectivity index (χ3n) is 13.9. The molecule has 2 heterocycles. The Balaban J connectivity index is 1.25. The first kappa shape index (κ1) is 28.0. The molecule has 0 aromatic carbocycles. The molecule has 1 amide bonds. The van der Waals surface area contributed by atoms with Gasteiger partial charge in [-0.05, 0) is 96.7 Å². The molecule has 5 aliphatic rings. The first-order valence-corrected chi connectivity index (χ1v) is 16.3. The number of anilines is 3. The van der Waals surface area contributed by atoms with Gasteiger partial charge in [0.15, 0.2) is 5.82 Å². The fourth-order valence-corrected chi connectivity index (χ4v) is 11.9. The van der Waals surface area contributed by atoms with Crippen molar-refractivity contribution in [1.82, 2.24) is 20.4 Å². The van der Waals surface area contributed by atoms with Gasteiger partial charge in [-0.3, -0.25) is 15.0 Å². The van der Waals surface area contributed by atoms with Crippen molar-refractivity contribution in [2.24, 2.45) is 51.2 Å². The lowest BCUT2D eigenvalue weighted by atomic mass is 9.34. The Bertz CT molecular complexity index is 1470. The number of nitrogens with one attached hydrogen (secondary N) is 3. The molecule has 0 saturated heterocycles. The zero-order valence-electron chi connectivity index (χ0n) is 26.7. The molecule has 2 aromatic heterocycles. The summed E-state index contributed by atoms with van der Waals surface area (Å²) in [7, 11) is 0. The van der Waals surface area contributed by atoms with Crippen molar-refractivity contribution in [3.8, 4) is 0 Å². The molecule has 42 heavy (non-hydrogen) atoms. The fraction of sp³-hybridized carbons (Fsp3) is 0.735. The molecule has 3 unspecified atom stereocenters. The Morgan fingerprint density at radius 1 is 0.976 bits per heavy atom. The summed E-state index contributed by atoms with van der Waals surface area (Å²) in [6.07, 6.45) is 11.6. The molecule has 0 bridgehead atoms. The van der Waals surface area contributed by atoms with Crippen LogP contribution in [-0.2, 0) is 16.6 Å². The summed E-state index contributed by atoms with van der Waals surface area (Å²) in [5.41, 5.74) is 17.1. The highest BCUT2D eigenvalue weighted by atomic mass is 16.2. The maximum absolute atomic E-state index is 13.8. The monoisotopic (exact) mass is 573 g/mol. The molecule has 8 nitrogen and oxygen atoms in total. The number of aromatic nitrogens is 4. The Kier molecular flexibility index (Phi) is 5.78. The Hall–Kier alpha value is -2.77.